The van der Waals surface area contributed by atoms with Crippen LogP contribution in [-0.4, -0.2) is 48.2 Å². The Morgan fingerprint density at radius 1 is 1.07 bits per heavy atom. The molecule has 1 amide bonds. The monoisotopic (exact) mass is 493 g/mol. The summed E-state index contributed by atoms with van der Waals surface area (Å²) in [5.74, 6) is -0.420. The van der Waals surface area contributed by atoms with E-state index in [1.165, 1.54) is 23.1 Å². The molecule has 28 heavy (non-hydrogen) atoms. The first-order valence-electron chi connectivity index (χ1n) is 9.30. The predicted octanol–water partition coefficient (Wildman–Crippen LogP) is 4.62. The molecular formula is C22H24INO4. The van der Waals surface area contributed by atoms with Crippen molar-refractivity contribution in [3.63, 3.8) is 0 Å². The lowest BCUT2D eigenvalue weighted by molar-refractivity contribution is -0.146. The summed E-state index contributed by atoms with van der Waals surface area (Å²) in [4.78, 5) is 26.1. The van der Waals surface area contributed by atoms with Crippen LogP contribution in [0.25, 0.3) is 11.1 Å². The van der Waals surface area contributed by atoms with Crippen molar-refractivity contribution < 1.29 is 19.1 Å². The van der Waals surface area contributed by atoms with Crippen LogP contribution in [0.15, 0.2) is 48.5 Å². The van der Waals surface area contributed by atoms with Gasteiger partial charge in [-0.05, 0) is 39.5 Å². The van der Waals surface area contributed by atoms with Gasteiger partial charge in [0.05, 0.1) is 7.11 Å². The maximum atomic E-state index is 12.6. The zero-order valence-electron chi connectivity index (χ0n) is 16.1. The number of rotatable bonds is 7. The zero-order chi connectivity index (χ0) is 20.1. The van der Waals surface area contributed by atoms with Crippen LogP contribution in [0.1, 0.15) is 29.9 Å². The number of carbonyl (C=O) groups excluding carboxylic acids is 2. The van der Waals surface area contributed by atoms with Crippen molar-refractivity contribution in [2.24, 2.45) is 0 Å². The van der Waals surface area contributed by atoms with Crippen LogP contribution in [0, 0.1) is 0 Å². The number of hydrogen-bond donors (Lipinski definition) is 0. The normalized spacial score (nSPS) is 13.4. The zero-order valence-corrected chi connectivity index (χ0v) is 18.2. The molecule has 148 valence electrons. The number of benzene rings is 2. The lowest BCUT2D eigenvalue weighted by Crippen LogP contribution is -2.43. The van der Waals surface area contributed by atoms with Crippen LogP contribution in [0.3, 0.4) is 0 Å². The molecule has 0 spiro atoms. The number of hydrogen-bond acceptors (Lipinski definition) is 4. The van der Waals surface area contributed by atoms with Crippen molar-refractivity contribution in [3.8, 4) is 11.1 Å². The van der Waals surface area contributed by atoms with Crippen LogP contribution in [0.4, 0.5) is 4.79 Å². The van der Waals surface area contributed by atoms with E-state index in [2.05, 4.69) is 46.9 Å². The van der Waals surface area contributed by atoms with Gasteiger partial charge in [0.25, 0.3) is 0 Å². The molecule has 0 fully saturated rings. The standard InChI is InChI=1S/C22H24INO4/c1-24(20(12-7-13-23)21(25)27-2)22(26)28-14-19-17-10-5-3-8-15(17)16-9-4-6-11-18(16)19/h3-6,8-11,19-20H,7,12-14H2,1-2H3/t20-/m0/s1. The molecule has 2 aromatic rings. The van der Waals surface area contributed by atoms with E-state index < -0.39 is 18.1 Å². The van der Waals surface area contributed by atoms with E-state index in [4.69, 9.17) is 9.47 Å². The summed E-state index contributed by atoms with van der Waals surface area (Å²) in [7, 11) is 2.93. The smallest absolute Gasteiger partial charge is 0.410 e. The van der Waals surface area contributed by atoms with Crippen molar-refractivity contribution in [1.82, 2.24) is 4.90 Å². The lowest BCUT2D eigenvalue weighted by Gasteiger charge is -2.26. The maximum Gasteiger partial charge on any atom is 0.410 e. The van der Waals surface area contributed by atoms with Gasteiger partial charge in [0.15, 0.2) is 0 Å². The molecule has 0 aliphatic heterocycles. The van der Waals surface area contributed by atoms with E-state index in [1.807, 2.05) is 24.3 Å². The van der Waals surface area contributed by atoms with E-state index in [-0.39, 0.29) is 12.5 Å². The van der Waals surface area contributed by atoms with Gasteiger partial charge in [-0.3, -0.25) is 4.90 Å². The molecule has 1 aliphatic carbocycles. The van der Waals surface area contributed by atoms with Gasteiger partial charge < -0.3 is 9.47 Å². The Morgan fingerprint density at radius 2 is 1.64 bits per heavy atom. The average Bonchev–Trinajstić information content (AvgIpc) is 3.05. The van der Waals surface area contributed by atoms with Gasteiger partial charge in [-0.1, -0.05) is 71.1 Å². The number of fused-ring (bicyclic) bond motifs is 3. The Kier molecular flexibility index (Phi) is 6.93. The molecule has 0 radical (unpaired) electrons. The van der Waals surface area contributed by atoms with Crippen LogP contribution >= 0.6 is 22.6 Å². The summed E-state index contributed by atoms with van der Waals surface area (Å²) in [5, 5.41) is 0. The summed E-state index contributed by atoms with van der Waals surface area (Å²) in [6.45, 7) is 0.234. The highest BCUT2D eigenvalue weighted by Crippen LogP contribution is 2.44. The van der Waals surface area contributed by atoms with Crippen molar-refractivity contribution in [2.75, 3.05) is 25.2 Å². The Labute approximate surface area is 179 Å². The average molecular weight is 493 g/mol. The van der Waals surface area contributed by atoms with Gasteiger partial charge in [-0.15, -0.1) is 0 Å². The third kappa shape index (κ3) is 4.16. The number of likely N-dealkylation sites (N-methyl/N-ethyl adjacent to an activating group) is 1. The van der Waals surface area contributed by atoms with E-state index >= 15 is 0 Å². The minimum absolute atomic E-state index is 0.00401. The summed E-state index contributed by atoms with van der Waals surface area (Å²) in [6.07, 6.45) is 0.864. The summed E-state index contributed by atoms with van der Waals surface area (Å²) in [5.41, 5.74) is 4.69. The van der Waals surface area contributed by atoms with E-state index in [1.54, 1.807) is 7.05 Å². The summed E-state index contributed by atoms with van der Waals surface area (Å²) in [6, 6.07) is 15.8. The predicted molar refractivity (Wildman–Crippen MR) is 117 cm³/mol. The quantitative estimate of drug-likeness (QED) is 0.321. The highest BCUT2D eigenvalue weighted by Gasteiger charge is 2.32. The largest absolute Gasteiger partial charge is 0.467 e. The molecule has 0 bridgehead atoms. The first-order valence-corrected chi connectivity index (χ1v) is 10.8. The molecule has 1 aliphatic rings. The number of halogens is 1. The molecule has 0 aromatic heterocycles. The van der Waals surface area contributed by atoms with Gasteiger partial charge in [0.1, 0.15) is 12.6 Å². The fraction of sp³-hybridized carbons (Fsp3) is 0.364. The number of alkyl halides is 1. The Hall–Kier alpha value is -2.09. The Bertz CT molecular complexity index is 808. The SMILES string of the molecule is COC(=O)[C@H](CCCI)N(C)C(=O)OCC1c2ccccc2-c2ccccc21. The number of ether oxygens (including phenoxy) is 2. The van der Waals surface area contributed by atoms with Crippen LogP contribution in [-0.2, 0) is 14.3 Å². The van der Waals surface area contributed by atoms with Gasteiger partial charge >= 0.3 is 12.1 Å². The second kappa shape index (κ2) is 9.41. The van der Waals surface area contributed by atoms with Crippen molar-refractivity contribution in [3.05, 3.63) is 59.7 Å². The van der Waals surface area contributed by atoms with Crippen LogP contribution in [0.5, 0.6) is 0 Å². The molecule has 0 heterocycles. The van der Waals surface area contributed by atoms with Crippen molar-refractivity contribution >= 4 is 34.7 Å². The minimum Gasteiger partial charge on any atom is -0.467 e. The minimum atomic E-state index is -0.629. The van der Waals surface area contributed by atoms with E-state index in [0.29, 0.717) is 6.42 Å². The van der Waals surface area contributed by atoms with Gasteiger partial charge in [0.2, 0.25) is 0 Å². The highest BCUT2D eigenvalue weighted by atomic mass is 127. The van der Waals surface area contributed by atoms with E-state index in [0.717, 1.165) is 22.0 Å². The fourth-order valence-electron chi connectivity index (χ4n) is 3.70. The molecule has 0 saturated heterocycles. The first kappa shape index (κ1) is 20.6. The van der Waals surface area contributed by atoms with Crippen LogP contribution < -0.4 is 0 Å². The highest BCUT2D eigenvalue weighted by molar-refractivity contribution is 14.1. The second-order valence-corrected chi connectivity index (χ2v) is 7.86. The molecule has 3 rings (SSSR count). The number of nitrogens with zero attached hydrogens (tertiary/aromatic N) is 1. The molecular weight excluding hydrogens is 469 g/mol. The molecule has 5 nitrogen and oxygen atoms in total. The molecule has 2 aromatic carbocycles. The number of carbonyl (C=O) groups is 2. The van der Waals surface area contributed by atoms with Gasteiger partial charge in [-0.2, -0.15) is 0 Å². The van der Waals surface area contributed by atoms with Crippen molar-refractivity contribution in [1.29, 1.82) is 0 Å². The Balaban J connectivity index is 1.73. The molecule has 0 saturated carbocycles. The van der Waals surface area contributed by atoms with Crippen LogP contribution in [0.2, 0.25) is 0 Å². The fourth-order valence-corrected chi connectivity index (χ4v) is 4.14. The molecule has 0 N–H and O–H groups in total. The third-order valence-corrected chi connectivity index (χ3v) is 5.94. The number of methoxy groups -OCH3 is 1. The van der Waals surface area contributed by atoms with Gasteiger partial charge in [-0.25, -0.2) is 9.59 Å². The summed E-state index contributed by atoms with van der Waals surface area (Å²) < 4.78 is 11.4. The first-order chi connectivity index (χ1) is 13.6. The van der Waals surface area contributed by atoms with Gasteiger partial charge in [0, 0.05) is 13.0 Å². The second-order valence-electron chi connectivity index (χ2n) is 6.79. The Morgan fingerprint density at radius 3 is 2.18 bits per heavy atom. The summed E-state index contributed by atoms with van der Waals surface area (Å²) >= 11 is 2.25. The lowest BCUT2D eigenvalue weighted by atomic mass is 9.98. The third-order valence-electron chi connectivity index (χ3n) is 5.18. The molecule has 1 atom stereocenters. The van der Waals surface area contributed by atoms with E-state index in [9.17, 15) is 9.59 Å². The molecule has 0 unspecified atom stereocenters. The topological polar surface area (TPSA) is 55.8 Å². The molecule has 6 heteroatoms. The maximum absolute atomic E-state index is 12.6. The van der Waals surface area contributed by atoms with Crippen molar-refractivity contribution in [2.45, 2.75) is 24.8 Å². The number of esters is 1. The number of amides is 1.